The highest BCUT2D eigenvalue weighted by Crippen LogP contribution is 2.43. The van der Waals surface area contributed by atoms with Gasteiger partial charge in [0, 0.05) is 36.6 Å². The molecule has 2 aliphatic rings. The number of carbonyl (C=O) groups excluding carboxylic acids is 1. The monoisotopic (exact) mass is 727 g/mol. The summed E-state index contributed by atoms with van der Waals surface area (Å²) in [6.45, 7) is 0.862. The molecule has 1 spiro atoms. The third kappa shape index (κ3) is 7.96. The van der Waals surface area contributed by atoms with Crippen LogP contribution in [-0.4, -0.2) is 39.6 Å². The molecule has 14 heteroatoms. The van der Waals surface area contributed by atoms with Crippen molar-refractivity contribution < 1.29 is 27.1 Å². The van der Waals surface area contributed by atoms with Crippen LogP contribution in [0.3, 0.4) is 0 Å². The van der Waals surface area contributed by atoms with Crippen molar-refractivity contribution in [2.45, 2.75) is 69.7 Å². The van der Waals surface area contributed by atoms with E-state index in [-0.39, 0.29) is 30.8 Å². The molecule has 1 saturated heterocycles. The summed E-state index contributed by atoms with van der Waals surface area (Å²) >= 11 is 6.19. The SMILES string of the molecule is NC(=O)CCCNC(Cn1c(=O)c2c(n(Cc3c(F)cccc3C(F)(F)F)c1=O)COC21CCN(Cc2cccc(Cl)c2)CC1)c1ccccc1. The Morgan fingerprint density at radius 1 is 0.980 bits per heavy atom. The van der Waals surface area contributed by atoms with Gasteiger partial charge in [-0.15, -0.1) is 0 Å². The van der Waals surface area contributed by atoms with E-state index in [0.717, 1.165) is 38.5 Å². The number of nitrogens with zero attached hydrogens (tertiary/aromatic N) is 3. The summed E-state index contributed by atoms with van der Waals surface area (Å²) in [4.78, 5) is 42.4. The number of benzene rings is 3. The van der Waals surface area contributed by atoms with E-state index in [0.29, 0.717) is 50.5 Å². The number of fused-ring (bicyclic) bond motifs is 2. The number of likely N-dealkylation sites (tertiary alicyclic amines) is 1. The van der Waals surface area contributed by atoms with E-state index in [1.165, 1.54) is 0 Å². The van der Waals surface area contributed by atoms with Gasteiger partial charge in [-0.05, 0) is 61.2 Å². The molecule has 0 radical (unpaired) electrons. The number of rotatable bonds is 12. The fraction of sp³-hybridized carbons (Fsp3) is 0.378. The summed E-state index contributed by atoms with van der Waals surface area (Å²) in [5.74, 6) is -1.59. The lowest BCUT2D eigenvalue weighted by Crippen LogP contribution is -2.50. The molecular weight excluding hydrogens is 690 g/mol. The largest absolute Gasteiger partial charge is 0.416 e. The highest BCUT2D eigenvalue weighted by atomic mass is 35.5. The van der Waals surface area contributed by atoms with Crippen LogP contribution in [0.25, 0.3) is 0 Å². The Hall–Kier alpha value is -4.30. The molecule has 1 amide bonds. The standard InChI is InChI=1S/C37H38ClF4N5O4/c38-26-10-4-7-24(19-26)20-45-17-14-36(15-18-45)33-31(23-51-36)46(21-27-28(37(40,41)42)11-5-12-29(27)39)35(50)47(34(33)49)22-30(25-8-2-1-3-9-25)44-16-6-13-32(43)48/h1-5,7-12,19,30,44H,6,13-18,20-23H2,(H2,43,48). The first kappa shape index (κ1) is 36.5. The van der Waals surface area contributed by atoms with E-state index in [4.69, 9.17) is 22.1 Å². The third-order valence-corrected chi connectivity index (χ3v) is 9.97. The number of halogens is 5. The number of nitrogens with two attached hydrogens (primary N) is 1. The molecule has 4 aromatic rings. The molecule has 0 bridgehead atoms. The highest BCUT2D eigenvalue weighted by Gasteiger charge is 2.47. The van der Waals surface area contributed by atoms with Crippen molar-refractivity contribution in [3.63, 3.8) is 0 Å². The molecule has 2 aliphatic heterocycles. The van der Waals surface area contributed by atoms with Gasteiger partial charge in [0.05, 0.1) is 42.6 Å². The normalized spacial score (nSPS) is 16.3. The van der Waals surface area contributed by atoms with Crippen molar-refractivity contribution >= 4 is 17.5 Å². The van der Waals surface area contributed by atoms with E-state index in [1.807, 2.05) is 36.4 Å². The van der Waals surface area contributed by atoms with Gasteiger partial charge in [-0.2, -0.15) is 13.2 Å². The Kier molecular flexibility index (Phi) is 10.8. The predicted molar refractivity (Wildman–Crippen MR) is 184 cm³/mol. The van der Waals surface area contributed by atoms with Gasteiger partial charge in [0.15, 0.2) is 0 Å². The zero-order valence-electron chi connectivity index (χ0n) is 27.7. The van der Waals surface area contributed by atoms with Gasteiger partial charge in [0.1, 0.15) is 11.4 Å². The number of alkyl halides is 3. The number of hydrogen-bond donors (Lipinski definition) is 2. The minimum Gasteiger partial charge on any atom is -0.370 e. The smallest absolute Gasteiger partial charge is 0.370 e. The van der Waals surface area contributed by atoms with Crippen molar-refractivity contribution in [1.29, 1.82) is 0 Å². The summed E-state index contributed by atoms with van der Waals surface area (Å²) in [7, 11) is 0. The summed E-state index contributed by atoms with van der Waals surface area (Å²) < 4.78 is 66.0. The first-order chi connectivity index (χ1) is 24.4. The van der Waals surface area contributed by atoms with Crippen molar-refractivity contribution in [2.24, 2.45) is 5.73 Å². The van der Waals surface area contributed by atoms with Gasteiger partial charge in [0.25, 0.3) is 5.56 Å². The average Bonchev–Trinajstić information content (AvgIpc) is 3.46. The van der Waals surface area contributed by atoms with Crippen LogP contribution in [0.2, 0.25) is 5.02 Å². The van der Waals surface area contributed by atoms with E-state index in [2.05, 4.69) is 10.2 Å². The van der Waals surface area contributed by atoms with Crippen LogP contribution in [0.4, 0.5) is 17.6 Å². The molecule has 0 aliphatic carbocycles. The minimum absolute atomic E-state index is 0.123. The van der Waals surface area contributed by atoms with Gasteiger partial charge in [0.2, 0.25) is 5.91 Å². The van der Waals surface area contributed by atoms with E-state index in [9.17, 15) is 27.6 Å². The van der Waals surface area contributed by atoms with Gasteiger partial charge < -0.3 is 15.8 Å². The minimum atomic E-state index is -4.89. The van der Waals surface area contributed by atoms with Crippen LogP contribution < -0.4 is 22.3 Å². The second-order valence-corrected chi connectivity index (χ2v) is 13.5. The number of primary amides is 1. The number of ether oxygens (including phenoxy) is 1. The van der Waals surface area contributed by atoms with Crippen LogP contribution in [0, 0.1) is 5.82 Å². The maximum atomic E-state index is 15.2. The Labute approximate surface area is 296 Å². The summed E-state index contributed by atoms with van der Waals surface area (Å²) in [6, 6.07) is 18.6. The van der Waals surface area contributed by atoms with Crippen molar-refractivity contribution in [3.05, 3.63) is 138 Å². The number of carbonyl (C=O) groups is 1. The second-order valence-electron chi connectivity index (χ2n) is 13.0. The molecule has 0 saturated carbocycles. The van der Waals surface area contributed by atoms with Gasteiger partial charge in [-0.25, -0.2) is 9.18 Å². The average molecular weight is 728 g/mol. The molecule has 6 rings (SSSR count). The molecule has 51 heavy (non-hydrogen) atoms. The summed E-state index contributed by atoms with van der Waals surface area (Å²) in [5, 5.41) is 3.92. The van der Waals surface area contributed by atoms with Gasteiger partial charge in [-0.3, -0.25) is 23.6 Å². The zero-order chi connectivity index (χ0) is 36.3. The first-order valence-corrected chi connectivity index (χ1v) is 17.1. The lowest BCUT2D eigenvalue weighted by atomic mass is 9.85. The Bertz CT molecular complexity index is 2010. The molecule has 1 unspecified atom stereocenters. The number of aromatic nitrogens is 2. The molecular formula is C37H38ClF4N5O4. The van der Waals surface area contributed by atoms with E-state index < -0.39 is 58.5 Å². The zero-order valence-corrected chi connectivity index (χ0v) is 28.5. The third-order valence-electron chi connectivity index (χ3n) is 9.73. The molecule has 3 heterocycles. The fourth-order valence-electron chi connectivity index (χ4n) is 7.15. The second kappa shape index (κ2) is 15.1. The Morgan fingerprint density at radius 3 is 2.39 bits per heavy atom. The summed E-state index contributed by atoms with van der Waals surface area (Å²) in [5.41, 5.74) is 2.92. The van der Waals surface area contributed by atoms with Crippen LogP contribution in [0.1, 0.15) is 65.2 Å². The number of amides is 1. The predicted octanol–water partition coefficient (Wildman–Crippen LogP) is 5.49. The number of piperidine rings is 1. The number of hydrogen-bond acceptors (Lipinski definition) is 6. The van der Waals surface area contributed by atoms with Gasteiger partial charge >= 0.3 is 11.9 Å². The molecule has 1 fully saturated rings. The maximum absolute atomic E-state index is 15.2. The molecule has 1 aromatic heterocycles. The Morgan fingerprint density at radius 2 is 1.71 bits per heavy atom. The van der Waals surface area contributed by atoms with E-state index >= 15 is 4.39 Å². The molecule has 1 atom stereocenters. The topological polar surface area (TPSA) is 112 Å². The maximum Gasteiger partial charge on any atom is 0.416 e. The number of nitrogens with one attached hydrogen (secondary N) is 1. The molecule has 9 nitrogen and oxygen atoms in total. The molecule has 270 valence electrons. The molecule has 3 N–H and O–H groups in total. The highest BCUT2D eigenvalue weighted by molar-refractivity contribution is 6.30. The van der Waals surface area contributed by atoms with Crippen molar-refractivity contribution in [1.82, 2.24) is 19.4 Å². The molecule has 3 aromatic carbocycles. The lowest BCUT2D eigenvalue weighted by Gasteiger charge is -2.39. The summed E-state index contributed by atoms with van der Waals surface area (Å²) in [6.07, 6.45) is -3.60. The van der Waals surface area contributed by atoms with E-state index in [1.54, 1.807) is 18.2 Å². The van der Waals surface area contributed by atoms with Crippen molar-refractivity contribution in [2.75, 3.05) is 19.6 Å². The van der Waals surface area contributed by atoms with Crippen LogP contribution in [-0.2, 0) is 47.5 Å². The lowest BCUT2D eigenvalue weighted by molar-refractivity contribution is -0.138. The van der Waals surface area contributed by atoms with Crippen LogP contribution in [0.15, 0.2) is 82.4 Å². The van der Waals surface area contributed by atoms with Crippen LogP contribution in [0.5, 0.6) is 0 Å². The first-order valence-electron chi connectivity index (χ1n) is 16.8. The quantitative estimate of drug-likeness (QED) is 0.148. The van der Waals surface area contributed by atoms with Crippen molar-refractivity contribution in [3.8, 4) is 0 Å². The fourth-order valence-corrected chi connectivity index (χ4v) is 7.36. The van der Waals surface area contributed by atoms with Crippen LogP contribution >= 0.6 is 11.6 Å². The Balaban J connectivity index is 1.42. The van der Waals surface area contributed by atoms with Gasteiger partial charge in [-0.1, -0.05) is 60.1 Å².